The molecule has 1 fully saturated rings. The zero-order chi connectivity index (χ0) is 12.8. The molecule has 0 aliphatic heterocycles. The Balaban J connectivity index is 1.65. The predicted octanol–water partition coefficient (Wildman–Crippen LogP) is 4.42. The second-order valence-electron chi connectivity index (χ2n) is 4.97. The average Bonchev–Trinajstić information content (AvgIpc) is 2.39. The minimum Gasteiger partial charge on any atom is -0.491 e. The zero-order valence-electron chi connectivity index (χ0n) is 10.9. The van der Waals surface area contributed by atoms with E-state index in [1.165, 1.54) is 25.7 Å². The molecule has 0 spiro atoms. The van der Waals surface area contributed by atoms with Crippen molar-refractivity contribution in [3.63, 3.8) is 0 Å². The van der Waals surface area contributed by atoms with Crippen LogP contribution in [-0.2, 0) is 4.74 Å². The Hall–Kier alpha value is -0.540. The molecule has 1 aromatic rings. The van der Waals surface area contributed by atoms with Gasteiger partial charge in [-0.1, -0.05) is 35.7 Å². The number of hydrogen-bond donors (Lipinski definition) is 0. The summed E-state index contributed by atoms with van der Waals surface area (Å²) in [5.41, 5.74) is 0. The van der Waals surface area contributed by atoms with Gasteiger partial charge >= 0.3 is 0 Å². The average molecular weight is 313 g/mol. The summed E-state index contributed by atoms with van der Waals surface area (Å²) < 4.78 is 12.6. The molecular formula is C15H21BrO2. The first-order valence-electron chi connectivity index (χ1n) is 6.75. The van der Waals surface area contributed by atoms with E-state index in [1.807, 2.05) is 24.3 Å². The predicted molar refractivity (Wildman–Crippen MR) is 77.0 cm³/mol. The quantitative estimate of drug-likeness (QED) is 0.749. The fourth-order valence-electron chi connectivity index (χ4n) is 2.42. The molecule has 0 radical (unpaired) electrons. The van der Waals surface area contributed by atoms with Gasteiger partial charge in [-0.3, -0.25) is 0 Å². The molecule has 0 saturated heterocycles. The highest BCUT2D eigenvalue weighted by molar-refractivity contribution is 9.10. The highest BCUT2D eigenvalue weighted by atomic mass is 79.9. The van der Waals surface area contributed by atoms with Crippen molar-refractivity contribution in [2.45, 2.75) is 38.7 Å². The fourth-order valence-corrected chi connectivity index (χ4v) is 2.68. The Kier molecular flexibility index (Phi) is 5.51. The van der Waals surface area contributed by atoms with Gasteiger partial charge in [0.15, 0.2) is 0 Å². The molecule has 1 aliphatic carbocycles. The molecule has 100 valence electrons. The molecule has 0 aromatic heterocycles. The van der Waals surface area contributed by atoms with E-state index in [4.69, 9.17) is 9.47 Å². The molecule has 0 heterocycles. The second kappa shape index (κ2) is 7.15. The van der Waals surface area contributed by atoms with Crippen molar-refractivity contribution in [2.75, 3.05) is 13.2 Å². The molecule has 1 aliphatic rings. The van der Waals surface area contributed by atoms with Gasteiger partial charge in [-0.15, -0.1) is 0 Å². The van der Waals surface area contributed by atoms with Gasteiger partial charge in [0, 0.05) is 4.47 Å². The standard InChI is InChI=1S/C15H21BrO2/c1-12-4-2-3-5-15(12)18-11-10-17-14-8-6-13(16)7-9-14/h6-9,12,15H,2-5,10-11H2,1H3. The molecule has 0 N–H and O–H groups in total. The number of benzene rings is 1. The summed E-state index contributed by atoms with van der Waals surface area (Å²) in [6, 6.07) is 7.90. The Morgan fingerprint density at radius 2 is 1.83 bits per heavy atom. The number of hydrogen-bond acceptors (Lipinski definition) is 2. The van der Waals surface area contributed by atoms with Crippen LogP contribution in [0.25, 0.3) is 0 Å². The van der Waals surface area contributed by atoms with E-state index < -0.39 is 0 Å². The minimum absolute atomic E-state index is 0.437. The Morgan fingerprint density at radius 1 is 1.11 bits per heavy atom. The largest absolute Gasteiger partial charge is 0.491 e. The van der Waals surface area contributed by atoms with Crippen LogP contribution in [0.4, 0.5) is 0 Å². The molecule has 1 aromatic carbocycles. The third-order valence-electron chi connectivity index (χ3n) is 3.53. The van der Waals surface area contributed by atoms with Crippen LogP contribution in [0.1, 0.15) is 32.6 Å². The highest BCUT2D eigenvalue weighted by Gasteiger charge is 2.21. The van der Waals surface area contributed by atoms with Gasteiger partial charge in [0.2, 0.25) is 0 Å². The first kappa shape index (κ1) is 13.9. The third kappa shape index (κ3) is 4.29. The lowest BCUT2D eigenvalue weighted by Gasteiger charge is -2.28. The topological polar surface area (TPSA) is 18.5 Å². The van der Waals surface area contributed by atoms with Crippen LogP contribution >= 0.6 is 15.9 Å². The lowest BCUT2D eigenvalue weighted by atomic mass is 9.88. The summed E-state index contributed by atoms with van der Waals surface area (Å²) in [6.45, 7) is 3.61. The first-order chi connectivity index (χ1) is 8.75. The van der Waals surface area contributed by atoms with Crippen molar-refractivity contribution in [3.05, 3.63) is 28.7 Å². The monoisotopic (exact) mass is 312 g/mol. The maximum absolute atomic E-state index is 5.91. The summed E-state index contributed by atoms with van der Waals surface area (Å²) >= 11 is 3.41. The Bertz CT molecular complexity index is 350. The molecule has 0 amide bonds. The van der Waals surface area contributed by atoms with Crippen LogP contribution in [0.15, 0.2) is 28.7 Å². The van der Waals surface area contributed by atoms with Gasteiger partial charge < -0.3 is 9.47 Å². The first-order valence-corrected chi connectivity index (χ1v) is 7.55. The van der Waals surface area contributed by atoms with Crippen LogP contribution < -0.4 is 4.74 Å². The van der Waals surface area contributed by atoms with Gasteiger partial charge in [0.05, 0.1) is 12.7 Å². The molecule has 18 heavy (non-hydrogen) atoms. The van der Waals surface area contributed by atoms with Crippen molar-refractivity contribution in [2.24, 2.45) is 5.92 Å². The summed E-state index contributed by atoms with van der Waals surface area (Å²) in [7, 11) is 0. The van der Waals surface area contributed by atoms with E-state index in [9.17, 15) is 0 Å². The maximum atomic E-state index is 5.91. The normalized spacial score (nSPS) is 23.9. The van der Waals surface area contributed by atoms with Crippen LogP contribution in [0.2, 0.25) is 0 Å². The number of halogens is 1. The van der Waals surface area contributed by atoms with Gasteiger partial charge in [0.25, 0.3) is 0 Å². The zero-order valence-corrected chi connectivity index (χ0v) is 12.5. The molecule has 2 nitrogen and oxygen atoms in total. The maximum Gasteiger partial charge on any atom is 0.119 e. The molecule has 0 bridgehead atoms. The molecule has 2 unspecified atom stereocenters. The molecule has 3 heteroatoms. The van der Waals surface area contributed by atoms with E-state index in [0.29, 0.717) is 25.2 Å². The van der Waals surface area contributed by atoms with E-state index in [1.54, 1.807) is 0 Å². The van der Waals surface area contributed by atoms with Crippen molar-refractivity contribution >= 4 is 15.9 Å². The van der Waals surface area contributed by atoms with Crippen LogP contribution in [-0.4, -0.2) is 19.3 Å². The third-order valence-corrected chi connectivity index (χ3v) is 4.06. The van der Waals surface area contributed by atoms with Gasteiger partial charge in [-0.25, -0.2) is 0 Å². The van der Waals surface area contributed by atoms with Crippen LogP contribution in [0.5, 0.6) is 5.75 Å². The fraction of sp³-hybridized carbons (Fsp3) is 0.600. The minimum atomic E-state index is 0.437. The second-order valence-corrected chi connectivity index (χ2v) is 5.89. The molecule has 1 saturated carbocycles. The van der Waals surface area contributed by atoms with Crippen molar-refractivity contribution in [1.29, 1.82) is 0 Å². The van der Waals surface area contributed by atoms with Gasteiger partial charge in [-0.2, -0.15) is 0 Å². The summed E-state index contributed by atoms with van der Waals surface area (Å²) in [5, 5.41) is 0. The Morgan fingerprint density at radius 3 is 2.56 bits per heavy atom. The van der Waals surface area contributed by atoms with E-state index in [2.05, 4.69) is 22.9 Å². The van der Waals surface area contributed by atoms with E-state index in [-0.39, 0.29) is 0 Å². The summed E-state index contributed by atoms with van der Waals surface area (Å²) in [5.74, 6) is 1.60. The summed E-state index contributed by atoms with van der Waals surface area (Å²) in [4.78, 5) is 0. The highest BCUT2D eigenvalue weighted by Crippen LogP contribution is 2.26. The lowest BCUT2D eigenvalue weighted by Crippen LogP contribution is -2.27. The number of ether oxygens (including phenoxy) is 2. The van der Waals surface area contributed by atoms with Crippen molar-refractivity contribution < 1.29 is 9.47 Å². The van der Waals surface area contributed by atoms with E-state index >= 15 is 0 Å². The number of rotatable bonds is 5. The SMILES string of the molecule is CC1CCCCC1OCCOc1ccc(Br)cc1. The van der Waals surface area contributed by atoms with Gasteiger partial charge in [0.1, 0.15) is 12.4 Å². The Labute approximate surface area is 118 Å². The molecule has 2 rings (SSSR count). The lowest BCUT2D eigenvalue weighted by molar-refractivity contribution is -0.0165. The summed E-state index contributed by atoms with van der Waals surface area (Å²) in [6.07, 6.45) is 5.61. The molecular weight excluding hydrogens is 292 g/mol. The molecule has 2 atom stereocenters. The van der Waals surface area contributed by atoms with Crippen LogP contribution in [0, 0.1) is 5.92 Å². The smallest absolute Gasteiger partial charge is 0.119 e. The van der Waals surface area contributed by atoms with Crippen molar-refractivity contribution in [1.82, 2.24) is 0 Å². The van der Waals surface area contributed by atoms with Crippen LogP contribution in [0.3, 0.4) is 0 Å². The van der Waals surface area contributed by atoms with E-state index in [0.717, 1.165) is 10.2 Å². The van der Waals surface area contributed by atoms with Crippen molar-refractivity contribution in [3.8, 4) is 5.75 Å². The van der Waals surface area contributed by atoms with Gasteiger partial charge in [-0.05, 0) is 43.0 Å².